The van der Waals surface area contributed by atoms with Crippen molar-refractivity contribution in [3.05, 3.63) is 35.6 Å². The zero-order chi connectivity index (χ0) is 17.8. The van der Waals surface area contributed by atoms with Crippen LogP contribution in [0.1, 0.15) is 25.3 Å². The molecule has 2 fully saturated rings. The van der Waals surface area contributed by atoms with Gasteiger partial charge < -0.3 is 9.80 Å². The zero-order valence-corrected chi connectivity index (χ0v) is 14.8. The minimum absolute atomic E-state index is 0.0804. The number of carbonyl (C=O) groups excluding carboxylic acids is 2. The highest BCUT2D eigenvalue weighted by Gasteiger charge is 2.36. The predicted octanol–water partition coefficient (Wildman–Crippen LogP) is 1.73. The minimum atomic E-state index is -0.203. The molecule has 0 spiro atoms. The molecule has 2 aliphatic heterocycles. The standard InChI is InChI=1S/C19H26FN3O2/c1-2-22-14-16(12-18(22)24)19(25)23-9-5-8-21(10-11-23)13-15-6-3-4-7-17(15)20/h3-4,6-7,16H,2,5,8-14H2,1H3. The summed E-state index contributed by atoms with van der Waals surface area (Å²) in [6, 6.07) is 6.85. The highest BCUT2D eigenvalue weighted by molar-refractivity contribution is 5.89. The number of likely N-dealkylation sites (tertiary alicyclic amines) is 1. The van der Waals surface area contributed by atoms with Crippen LogP contribution >= 0.6 is 0 Å². The highest BCUT2D eigenvalue weighted by Crippen LogP contribution is 2.21. The second-order valence-electron chi connectivity index (χ2n) is 6.88. The first-order valence-corrected chi connectivity index (χ1v) is 9.10. The van der Waals surface area contributed by atoms with Crippen LogP contribution in [0.5, 0.6) is 0 Å². The van der Waals surface area contributed by atoms with Crippen LogP contribution in [0.3, 0.4) is 0 Å². The summed E-state index contributed by atoms with van der Waals surface area (Å²) in [5.74, 6) is -0.205. The minimum Gasteiger partial charge on any atom is -0.342 e. The van der Waals surface area contributed by atoms with Gasteiger partial charge in [-0.05, 0) is 19.4 Å². The van der Waals surface area contributed by atoms with E-state index < -0.39 is 0 Å². The van der Waals surface area contributed by atoms with E-state index in [4.69, 9.17) is 0 Å². The Balaban J connectivity index is 1.56. The average Bonchev–Trinajstić information content (AvgIpc) is 2.84. The first kappa shape index (κ1) is 17.9. The van der Waals surface area contributed by atoms with E-state index in [2.05, 4.69) is 4.90 Å². The van der Waals surface area contributed by atoms with Crippen LogP contribution in [0.15, 0.2) is 24.3 Å². The Hall–Kier alpha value is -1.95. The topological polar surface area (TPSA) is 43.9 Å². The monoisotopic (exact) mass is 347 g/mol. The number of benzene rings is 1. The third-order valence-corrected chi connectivity index (χ3v) is 5.20. The Morgan fingerprint density at radius 1 is 1.20 bits per heavy atom. The molecule has 2 saturated heterocycles. The van der Waals surface area contributed by atoms with E-state index in [0.717, 1.165) is 19.5 Å². The van der Waals surface area contributed by atoms with Gasteiger partial charge in [0.1, 0.15) is 5.82 Å². The second-order valence-corrected chi connectivity index (χ2v) is 6.88. The first-order valence-electron chi connectivity index (χ1n) is 9.10. The lowest BCUT2D eigenvalue weighted by Gasteiger charge is -2.24. The van der Waals surface area contributed by atoms with Crippen molar-refractivity contribution in [1.29, 1.82) is 0 Å². The van der Waals surface area contributed by atoms with Gasteiger partial charge in [0.2, 0.25) is 11.8 Å². The molecule has 2 aliphatic rings. The van der Waals surface area contributed by atoms with Crippen LogP contribution < -0.4 is 0 Å². The SMILES string of the molecule is CCN1CC(C(=O)N2CCCN(Cc3ccccc3F)CC2)CC1=O. The molecule has 0 bridgehead atoms. The number of amides is 2. The molecule has 2 amide bonds. The molecule has 1 unspecified atom stereocenters. The van der Waals surface area contributed by atoms with Crippen LogP contribution in [0.4, 0.5) is 4.39 Å². The summed E-state index contributed by atoms with van der Waals surface area (Å²) in [5, 5.41) is 0. The van der Waals surface area contributed by atoms with E-state index in [9.17, 15) is 14.0 Å². The van der Waals surface area contributed by atoms with Gasteiger partial charge in [-0.3, -0.25) is 14.5 Å². The molecule has 0 aliphatic carbocycles. The van der Waals surface area contributed by atoms with Crippen molar-refractivity contribution in [3.8, 4) is 0 Å². The molecule has 1 aromatic rings. The molecule has 0 aromatic heterocycles. The lowest BCUT2D eigenvalue weighted by molar-refractivity contribution is -0.135. The number of carbonyl (C=O) groups is 2. The summed E-state index contributed by atoms with van der Waals surface area (Å²) >= 11 is 0. The van der Waals surface area contributed by atoms with Crippen LogP contribution in [0.2, 0.25) is 0 Å². The molecule has 5 nitrogen and oxygen atoms in total. The number of rotatable bonds is 4. The fourth-order valence-corrected chi connectivity index (χ4v) is 3.72. The average molecular weight is 347 g/mol. The highest BCUT2D eigenvalue weighted by atomic mass is 19.1. The largest absolute Gasteiger partial charge is 0.342 e. The van der Waals surface area contributed by atoms with E-state index in [-0.39, 0.29) is 23.5 Å². The number of halogens is 1. The van der Waals surface area contributed by atoms with Crippen LogP contribution in [-0.4, -0.2) is 65.8 Å². The molecule has 0 radical (unpaired) electrons. The summed E-state index contributed by atoms with van der Waals surface area (Å²) in [6.07, 6.45) is 1.21. The molecule has 2 heterocycles. The summed E-state index contributed by atoms with van der Waals surface area (Å²) in [5.41, 5.74) is 0.697. The number of hydrogen-bond acceptors (Lipinski definition) is 3. The third-order valence-electron chi connectivity index (χ3n) is 5.20. The summed E-state index contributed by atoms with van der Waals surface area (Å²) in [6.45, 7) is 6.66. The van der Waals surface area contributed by atoms with E-state index in [1.807, 2.05) is 24.0 Å². The van der Waals surface area contributed by atoms with Gasteiger partial charge >= 0.3 is 0 Å². The van der Waals surface area contributed by atoms with Crippen molar-refractivity contribution >= 4 is 11.8 Å². The maximum atomic E-state index is 13.8. The van der Waals surface area contributed by atoms with Crippen molar-refractivity contribution in [2.75, 3.05) is 39.3 Å². The Kier molecular flexibility index (Phi) is 5.68. The Bertz CT molecular complexity index is 637. The molecule has 1 aromatic carbocycles. The fourth-order valence-electron chi connectivity index (χ4n) is 3.72. The van der Waals surface area contributed by atoms with Gasteiger partial charge in [-0.2, -0.15) is 0 Å². The number of hydrogen-bond donors (Lipinski definition) is 0. The van der Waals surface area contributed by atoms with Crippen molar-refractivity contribution in [1.82, 2.24) is 14.7 Å². The number of nitrogens with zero attached hydrogens (tertiary/aromatic N) is 3. The lowest BCUT2D eigenvalue weighted by Crippen LogP contribution is -2.39. The molecule has 0 saturated carbocycles. The Morgan fingerprint density at radius 3 is 2.72 bits per heavy atom. The predicted molar refractivity (Wildman–Crippen MR) is 93.2 cm³/mol. The van der Waals surface area contributed by atoms with Crippen molar-refractivity contribution in [2.24, 2.45) is 5.92 Å². The lowest BCUT2D eigenvalue weighted by atomic mass is 10.1. The van der Waals surface area contributed by atoms with E-state index in [0.29, 0.717) is 44.7 Å². The van der Waals surface area contributed by atoms with Crippen LogP contribution in [-0.2, 0) is 16.1 Å². The van der Waals surface area contributed by atoms with E-state index in [1.165, 1.54) is 6.07 Å². The molecule has 6 heteroatoms. The normalized spacial score (nSPS) is 22.3. The smallest absolute Gasteiger partial charge is 0.228 e. The van der Waals surface area contributed by atoms with Gasteiger partial charge in [-0.1, -0.05) is 18.2 Å². The van der Waals surface area contributed by atoms with Crippen LogP contribution in [0, 0.1) is 11.7 Å². The van der Waals surface area contributed by atoms with E-state index >= 15 is 0 Å². The summed E-state index contributed by atoms with van der Waals surface area (Å²) in [4.78, 5) is 30.5. The van der Waals surface area contributed by atoms with Crippen molar-refractivity contribution in [2.45, 2.75) is 26.3 Å². The molecular weight excluding hydrogens is 321 g/mol. The van der Waals surface area contributed by atoms with Gasteiger partial charge in [0.05, 0.1) is 5.92 Å². The molecule has 1 atom stereocenters. The summed E-state index contributed by atoms with van der Waals surface area (Å²) < 4.78 is 13.8. The van der Waals surface area contributed by atoms with Gasteiger partial charge in [0.15, 0.2) is 0 Å². The van der Waals surface area contributed by atoms with Gasteiger partial charge in [-0.25, -0.2) is 4.39 Å². The van der Waals surface area contributed by atoms with E-state index in [1.54, 1.807) is 11.0 Å². The maximum absolute atomic E-state index is 13.8. The zero-order valence-electron chi connectivity index (χ0n) is 14.8. The third kappa shape index (κ3) is 4.18. The van der Waals surface area contributed by atoms with Gasteiger partial charge in [0.25, 0.3) is 0 Å². The molecule has 25 heavy (non-hydrogen) atoms. The quantitative estimate of drug-likeness (QED) is 0.833. The van der Waals surface area contributed by atoms with Crippen molar-refractivity contribution < 1.29 is 14.0 Å². The molecule has 0 N–H and O–H groups in total. The fraction of sp³-hybridized carbons (Fsp3) is 0.579. The maximum Gasteiger partial charge on any atom is 0.228 e. The van der Waals surface area contributed by atoms with Crippen molar-refractivity contribution in [3.63, 3.8) is 0 Å². The van der Waals surface area contributed by atoms with Gasteiger partial charge in [-0.15, -0.1) is 0 Å². The van der Waals surface area contributed by atoms with Crippen LogP contribution in [0.25, 0.3) is 0 Å². The molecule has 136 valence electrons. The Morgan fingerprint density at radius 2 is 2.00 bits per heavy atom. The molecule has 3 rings (SSSR count). The summed E-state index contributed by atoms with van der Waals surface area (Å²) in [7, 11) is 0. The van der Waals surface area contributed by atoms with Gasteiger partial charge in [0, 0.05) is 57.8 Å². The second kappa shape index (κ2) is 7.95. The Labute approximate surface area is 148 Å². The molecular formula is C19H26FN3O2. The first-order chi connectivity index (χ1) is 12.1.